The molecule has 5 aliphatic heterocycles. The maximum absolute atomic E-state index is 13.7. The second-order valence-corrected chi connectivity index (χ2v) is 19.4. The van der Waals surface area contributed by atoms with E-state index in [-0.39, 0.29) is 5.56 Å². The Labute approximate surface area is 434 Å². The monoisotopic (exact) mass is 1080 g/mol. The van der Waals surface area contributed by atoms with Crippen LogP contribution in [0.15, 0.2) is 24.3 Å². The molecule has 0 aliphatic carbocycles. The van der Waals surface area contributed by atoms with Crippen molar-refractivity contribution in [2.24, 2.45) is 22.9 Å². The number of aliphatic hydroxyl groups excluding tert-OH is 11. The molecular formula is C48H79N5O22. The van der Waals surface area contributed by atoms with Crippen molar-refractivity contribution < 1.29 is 108 Å². The number of carbonyl (C=O) groups excluding carboxylic acids is 1. The molecule has 20 N–H and O–H groups in total. The SMILES string of the molecule is CCCCCC#CCCCOc1cccc(C(=O)NC2C(OC3C(O)C(N)[C@H](OC4C(CO)OC(OC5C(O)C(N)[C@H](OC6C(CO)OC(C)C(N)C6O)O[C@H]5CO)C(N)C4O)O[C@H]3CO)OC(CO)C(O)C2O)c1. The van der Waals surface area contributed by atoms with Crippen LogP contribution in [0.1, 0.15) is 62.7 Å². The first-order chi connectivity index (χ1) is 35.9. The standard InChI is InChI=1S/C48H79N5O22/c1-3-4-5-6-7-8-9-10-14-66-23-13-11-12-22(15-23)44(65)53-33-39(64)34(59)24(16-54)68-48(33)75-43-28(20-58)71-47(32(52)38(43)63)74-42-27(19-57)70-46(31(51)37(42)62)73-41-26(18-56)69-45(30(50)36(41)61)72-40-25(17-55)67-21(2)29(49)35(40)60/h11-13,15,21,24-43,45-48,54-64H,3-6,9-10,14,16-20,49-52H2,1-2H3,(H,53,65)/t21?,24?,25?,26-,27?,28-,29?,30?,31?,32?,33?,34?,35?,36?,37?,38?,39?,40?,41?,42?,43?,45-,46?,47-,48?/m0/s1. The average Bonchev–Trinajstić information content (AvgIpc) is 3.41. The predicted molar refractivity (Wildman–Crippen MR) is 256 cm³/mol. The van der Waals surface area contributed by atoms with Gasteiger partial charge in [-0.1, -0.05) is 25.8 Å². The van der Waals surface area contributed by atoms with Crippen LogP contribution in [0.5, 0.6) is 5.75 Å². The van der Waals surface area contributed by atoms with Crippen LogP contribution in [-0.2, 0) is 42.6 Å². The van der Waals surface area contributed by atoms with Gasteiger partial charge in [-0.15, -0.1) is 11.8 Å². The molecule has 0 saturated carbocycles. The third kappa shape index (κ3) is 14.7. The van der Waals surface area contributed by atoms with Gasteiger partial charge in [0.25, 0.3) is 5.91 Å². The van der Waals surface area contributed by atoms with Crippen molar-refractivity contribution in [3.8, 4) is 17.6 Å². The van der Waals surface area contributed by atoms with Gasteiger partial charge in [0.05, 0.1) is 69.9 Å². The summed E-state index contributed by atoms with van der Waals surface area (Å²) in [4.78, 5) is 13.7. The number of nitrogens with one attached hydrogen (secondary N) is 1. The van der Waals surface area contributed by atoms with Crippen molar-refractivity contribution in [2.45, 2.75) is 205 Å². The van der Waals surface area contributed by atoms with E-state index in [1.54, 1.807) is 19.1 Å². The number of rotatable bonds is 22. The zero-order valence-electron chi connectivity index (χ0n) is 41.9. The molecule has 1 aromatic carbocycles. The molecule has 27 heteroatoms. The van der Waals surface area contributed by atoms with Crippen LogP contribution in [-0.4, -0.2) is 255 Å². The zero-order valence-corrected chi connectivity index (χ0v) is 41.9. The Kier molecular flexibility index (Phi) is 23.6. The van der Waals surface area contributed by atoms with Crippen molar-refractivity contribution in [2.75, 3.05) is 39.6 Å². The number of benzene rings is 1. The quantitative estimate of drug-likeness (QED) is 0.0379. The third-order valence-corrected chi connectivity index (χ3v) is 14.1. The van der Waals surface area contributed by atoms with Gasteiger partial charge < -0.3 is 132 Å². The normalized spacial score (nSPS) is 42.3. The molecule has 1 aromatic rings. The van der Waals surface area contributed by atoms with Gasteiger partial charge in [0.2, 0.25) is 0 Å². The van der Waals surface area contributed by atoms with Crippen molar-refractivity contribution in [3.63, 3.8) is 0 Å². The second-order valence-electron chi connectivity index (χ2n) is 19.4. The lowest BCUT2D eigenvalue weighted by Gasteiger charge is -2.50. The van der Waals surface area contributed by atoms with Crippen molar-refractivity contribution in [3.05, 3.63) is 29.8 Å². The van der Waals surface area contributed by atoms with E-state index >= 15 is 0 Å². The fourth-order valence-electron chi connectivity index (χ4n) is 9.53. The number of hydrogen-bond donors (Lipinski definition) is 16. The summed E-state index contributed by atoms with van der Waals surface area (Å²) in [5, 5.41) is 121. The molecule has 0 bridgehead atoms. The molecule has 0 spiro atoms. The van der Waals surface area contributed by atoms with Gasteiger partial charge in [-0.25, -0.2) is 0 Å². The summed E-state index contributed by atoms with van der Waals surface area (Å²) in [6.45, 7) is 0.177. The van der Waals surface area contributed by atoms with Gasteiger partial charge >= 0.3 is 0 Å². The highest BCUT2D eigenvalue weighted by Crippen LogP contribution is 2.35. The molecule has 25 atom stereocenters. The molecule has 5 fully saturated rings. The first-order valence-electron chi connectivity index (χ1n) is 25.5. The smallest absolute Gasteiger partial charge is 0.251 e. The minimum atomic E-state index is -1.81. The van der Waals surface area contributed by atoms with E-state index in [0.717, 1.165) is 25.7 Å². The summed E-state index contributed by atoms with van der Waals surface area (Å²) < 4.78 is 59.0. The number of ether oxygens (including phenoxy) is 10. The number of unbranched alkanes of at least 4 members (excludes halogenated alkanes) is 4. The van der Waals surface area contributed by atoms with Crippen LogP contribution in [0, 0.1) is 11.8 Å². The first kappa shape index (κ1) is 61.3. The van der Waals surface area contributed by atoms with Gasteiger partial charge in [0, 0.05) is 18.4 Å². The topological polar surface area (TPSA) is 448 Å². The molecular weight excluding hydrogens is 999 g/mol. The van der Waals surface area contributed by atoms with Crippen LogP contribution in [0.2, 0.25) is 0 Å². The highest BCUT2D eigenvalue weighted by atomic mass is 16.8. The molecule has 5 heterocycles. The molecule has 27 nitrogen and oxygen atoms in total. The highest BCUT2D eigenvalue weighted by Gasteiger charge is 2.55. The van der Waals surface area contributed by atoms with Crippen molar-refractivity contribution >= 4 is 5.91 Å². The summed E-state index contributed by atoms with van der Waals surface area (Å²) in [5.74, 6) is 5.91. The van der Waals surface area contributed by atoms with Crippen LogP contribution in [0.4, 0.5) is 0 Å². The van der Waals surface area contributed by atoms with Gasteiger partial charge in [-0.3, -0.25) is 4.79 Å². The Morgan fingerprint density at radius 3 is 1.45 bits per heavy atom. The van der Waals surface area contributed by atoms with E-state index in [2.05, 4.69) is 24.1 Å². The summed E-state index contributed by atoms with van der Waals surface area (Å²) in [7, 11) is 0. The molecule has 0 radical (unpaired) electrons. The fourth-order valence-corrected chi connectivity index (χ4v) is 9.53. The number of aliphatic hydroxyl groups is 11. The highest BCUT2D eigenvalue weighted by molar-refractivity contribution is 5.94. The van der Waals surface area contributed by atoms with Crippen molar-refractivity contribution in [1.29, 1.82) is 0 Å². The van der Waals surface area contributed by atoms with Crippen molar-refractivity contribution in [1.82, 2.24) is 5.32 Å². The molecule has 5 saturated heterocycles. The van der Waals surface area contributed by atoms with Gasteiger partial charge in [0.15, 0.2) is 25.2 Å². The van der Waals surface area contributed by atoms with E-state index in [1.807, 2.05) is 0 Å². The van der Waals surface area contributed by atoms with Gasteiger partial charge in [-0.05, 0) is 38.0 Å². The van der Waals surface area contributed by atoms with E-state index in [0.29, 0.717) is 25.2 Å². The Hall–Kier alpha value is -2.91. The minimum absolute atomic E-state index is 0.0991. The van der Waals surface area contributed by atoms with Crippen LogP contribution in [0.3, 0.4) is 0 Å². The zero-order chi connectivity index (χ0) is 54.7. The van der Waals surface area contributed by atoms with E-state index in [9.17, 15) is 61.0 Å². The summed E-state index contributed by atoms with van der Waals surface area (Å²) in [5.41, 5.74) is 25.3. The number of nitrogens with two attached hydrogens (primary N) is 4. The van der Waals surface area contributed by atoms with E-state index < -0.39 is 192 Å². The molecule has 428 valence electrons. The maximum atomic E-state index is 13.7. The predicted octanol–water partition coefficient (Wildman–Crippen LogP) is -6.81. The Balaban J connectivity index is 1.08. The average molecular weight is 1080 g/mol. The van der Waals surface area contributed by atoms with E-state index in [1.165, 1.54) is 12.1 Å². The number of amides is 1. The summed E-state index contributed by atoms with van der Waals surface area (Å²) in [6.07, 6.45) is -24.7. The molecule has 1 amide bonds. The lowest BCUT2D eigenvalue weighted by Crippen LogP contribution is -2.71. The molecule has 75 heavy (non-hydrogen) atoms. The first-order valence-corrected chi connectivity index (χ1v) is 25.5. The Morgan fingerprint density at radius 2 is 0.987 bits per heavy atom. The van der Waals surface area contributed by atoms with Crippen LogP contribution < -0.4 is 33.0 Å². The number of carbonyl (C=O) groups is 1. The Morgan fingerprint density at radius 1 is 0.560 bits per heavy atom. The molecule has 5 aliphatic rings. The second kappa shape index (κ2) is 28.8. The maximum Gasteiger partial charge on any atom is 0.251 e. The third-order valence-electron chi connectivity index (χ3n) is 14.1. The van der Waals surface area contributed by atoms with E-state index in [4.69, 9.17) is 70.3 Å². The summed E-state index contributed by atoms with van der Waals surface area (Å²) in [6, 6.07) is -0.806. The minimum Gasteiger partial charge on any atom is -0.494 e. The van der Waals surface area contributed by atoms with Crippen LogP contribution >= 0.6 is 0 Å². The fraction of sp³-hybridized carbons (Fsp3) is 0.812. The molecule has 6 rings (SSSR count). The lowest BCUT2D eigenvalue weighted by molar-refractivity contribution is -0.363. The molecule has 21 unspecified atom stereocenters. The lowest BCUT2D eigenvalue weighted by atomic mass is 9.93. The van der Waals surface area contributed by atoms with Crippen LogP contribution in [0.25, 0.3) is 0 Å². The Bertz CT molecular complexity index is 1950. The molecule has 0 aromatic heterocycles. The largest absolute Gasteiger partial charge is 0.494 e. The van der Waals surface area contributed by atoms with Gasteiger partial charge in [-0.2, -0.15) is 0 Å². The summed E-state index contributed by atoms with van der Waals surface area (Å²) >= 11 is 0. The number of hydrogen-bond acceptors (Lipinski definition) is 26. The van der Waals surface area contributed by atoms with Gasteiger partial charge in [0.1, 0.15) is 103 Å².